The number of ether oxygens (including phenoxy) is 1. The molecule has 0 radical (unpaired) electrons. The molecule has 0 aliphatic carbocycles. The van der Waals surface area contributed by atoms with Gasteiger partial charge in [-0.25, -0.2) is 0 Å². The van der Waals surface area contributed by atoms with E-state index in [2.05, 4.69) is 63.2 Å². The van der Waals surface area contributed by atoms with Crippen LogP contribution in [-0.4, -0.2) is 6.61 Å². The van der Waals surface area contributed by atoms with Gasteiger partial charge in [0.05, 0.1) is 6.61 Å². The lowest BCUT2D eigenvalue weighted by Gasteiger charge is -2.18. The molecule has 3 aromatic rings. The maximum Gasteiger partial charge on any atom is 0.127 e. The third kappa shape index (κ3) is 2.81. The molecule has 0 heterocycles. The first kappa shape index (κ1) is 15.9. The van der Waals surface area contributed by atoms with Crippen LogP contribution in [0.5, 0.6) is 5.75 Å². The molecule has 3 aromatic carbocycles. The summed E-state index contributed by atoms with van der Waals surface area (Å²) in [6, 6.07) is 15.3. The molecule has 0 spiro atoms. The zero-order chi connectivity index (χ0) is 16.2. The summed E-state index contributed by atoms with van der Waals surface area (Å²) < 4.78 is 6.15. The summed E-state index contributed by atoms with van der Waals surface area (Å²) in [5.41, 5.74) is 2.86. The first-order valence-corrected chi connectivity index (χ1v) is 8.89. The van der Waals surface area contributed by atoms with Gasteiger partial charge in [0, 0.05) is 5.39 Å². The van der Waals surface area contributed by atoms with Crippen LogP contribution in [0.4, 0.5) is 0 Å². The van der Waals surface area contributed by atoms with Crippen LogP contribution in [0.2, 0.25) is 0 Å². The Morgan fingerprint density at radius 1 is 0.739 bits per heavy atom. The van der Waals surface area contributed by atoms with E-state index in [4.69, 9.17) is 4.74 Å². The first-order chi connectivity index (χ1) is 11.3. The summed E-state index contributed by atoms with van der Waals surface area (Å²) in [4.78, 5) is 0. The van der Waals surface area contributed by atoms with Gasteiger partial charge in [0.1, 0.15) is 5.75 Å². The summed E-state index contributed by atoms with van der Waals surface area (Å²) in [6.07, 6.45) is 4.33. The number of benzene rings is 3. The lowest BCUT2D eigenvalue weighted by Crippen LogP contribution is -2.00. The standard InChI is InChI=1S/C22H26O/c1-4-7-15-23-21-14-10-13-20-16(5-2)18-11-8-9-12-19(18)17(6-3)22(20)21/h8-14H,4-7,15H2,1-3H3. The SMILES string of the molecule is CCCCOc1cccc2c(CC)c3ccccc3c(CC)c12. The van der Waals surface area contributed by atoms with Gasteiger partial charge < -0.3 is 4.74 Å². The van der Waals surface area contributed by atoms with Crippen LogP contribution in [0.1, 0.15) is 44.7 Å². The van der Waals surface area contributed by atoms with Gasteiger partial charge in [0.2, 0.25) is 0 Å². The van der Waals surface area contributed by atoms with E-state index >= 15 is 0 Å². The van der Waals surface area contributed by atoms with Crippen LogP contribution in [-0.2, 0) is 12.8 Å². The van der Waals surface area contributed by atoms with E-state index < -0.39 is 0 Å². The van der Waals surface area contributed by atoms with E-state index in [1.165, 1.54) is 32.7 Å². The van der Waals surface area contributed by atoms with E-state index in [1.807, 2.05) is 0 Å². The monoisotopic (exact) mass is 306 g/mol. The predicted molar refractivity (Wildman–Crippen MR) is 101 cm³/mol. The second-order valence-electron chi connectivity index (χ2n) is 6.09. The van der Waals surface area contributed by atoms with Crippen molar-refractivity contribution >= 4 is 21.5 Å². The Balaban J connectivity index is 2.33. The average Bonchev–Trinajstić information content (AvgIpc) is 2.60. The fraction of sp³-hybridized carbons (Fsp3) is 0.364. The highest BCUT2D eigenvalue weighted by atomic mass is 16.5. The van der Waals surface area contributed by atoms with Gasteiger partial charge in [-0.3, -0.25) is 0 Å². The van der Waals surface area contributed by atoms with Crippen molar-refractivity contribution < 1.29 is 4.74 Å². The van der Waals surface area contributed by atoms with Gasteiger partial charge in [-0.05, 0) is 52.6 Å². The van der Waals surface area contributed by atoms with E-state index in [0.29, 0.717) is 0 Å². The molecule has 0 aromatic heterocycles. The van der Waals surface area contributed by atoms with Gasteiger partial charge in [-0.2, -0.15) is 0 Å². The van der Waals surface area contributed by atoms with Crippen LogP contribution in [0.15, 0.2) is 42.5 Å². The molecule has 0 saturated carbocycles. The Morgan fingerprint density at radius 2 is 1.39 bits per heavy atom. The molecule has 0 unspecified atom stereocenters. The lowest BCUT2D eigenvalue weighted by atomic mass is 9.89. The van der Waals surface area contributed by atoms with Crippen LogP contribution in [0.25, 0.3) is 21.5 Å². The number of hydrogen-bond acceptors (Lipinski definition) is 1. The Hall–Kier alpha value is -2.02. The molecule has 0 aliphatic rings. The van der Waals surface area contributed by atoms with Crippen molar-refractivity contribution in [3.63, 3.8) is 0 Å². The molecule has 0 saturated heterocycles. The number of aryl methyl sites for hydroxylation is 2. The molecule has 0 amide bonds. The minimum Gasteiger partial charge on any atom is -0.493 e. The van der Waals surface area contributed by atoms with Gasteiger partial charge in [-0.1, -0.05) is 63.6 Å². The Labute approximate surface area is 139 Å². The summed E-state index contributed by atoms with van der Waals surface area (Å²) in [7, 11) is 0. The van der Waals surface area contributed by atoms with Crippen LogP contribution in [0, 0.1) is 0 Å². The van der Waals surface area contributed by atoms with Crippen LogP contribution in [0.3, 0.4) is 0 Å². The van der Waals surface area contributed by atoms with E-state index in [1.54, 1.807) is 0 Å². The quantitative estimate of drug-likeness (QED) is 0.384. The molecular weight excluding hydrogens is 280 g/mol. The van der Waals surface area contributed by atoms with E-state index in [0.717, 1.165) is 38.0 Å². The molecule has 0 aliphatic heterocycles. The van der Waals surface area contributed by atoms with Gasteiger partial charge >= 0.3 is 0 Å². The van der Waals surface area contributed by atoms with E-state index in [9.17, 15) is 0 Å². The van der Waals surface area contributed by atoms with Crippen molar-refractivity contribution in [3.05, 3.63) is 53.6 Å². The van der Waals surface area contributed by atoms with Crippen molar-refractivity contribution in [2.24, 2.45) is 0 Å². The fourth-order valence-electron chi connectivity index (χ4n) is 3.58. The highest BCUT2D eigenvalue weighted by Crippen LogP contribution is 2.38. The Kier molecular flexibility index (Phi) is 4.85. The molecule has 0 atom stereocenters. The van der Waals surface area contributed by atoms with Gasteiger partial charge in [0.15, 0.2) is 0 Å². The topological polar surface area (TPSA) is 9.23 Å². The molecule has 0 bridgehead atoms. The highest BCUT2D eigenvalue weighted by Gasteiger charge is 2.15. The normalized spacial score (nSPS) is 11.3. The van der Waals surface area contributed by atoms with Crippen molar-refractivity contribution in [3.8, 4) is 5.75 Å². The third-order valence-electron chi connectivity index (χ3n) is 4.69. The van der Waals surface area contributed by atoms with Gasteiger partial charge in [-0.15, -0.1) is 0 Å². The lowest BCUT2D eigenvalue weighted by molar-refractivity contribution is 0.313. The summed E-state index contributed by atoms with van der Waals surface area (Å²) >= 11 is 0. The van der Waals surface area contributed by atoms with Crippen LogP contribution < -0.4 is 4.74 Å². The largest absolute Gasteiger partial charge is 0.493 e. The summed E-state index contributed by atoms with van der Waals surface area (Å²) in [6.45, 7) is 7.49. The molecule has 1 nitrogen and oxygen atoms in total. The maximum atomic E-state index is 6.15. The number of fused-ring (bicyclic) bond motifs is 2. The fourth-order valence-corrected chi connectivity index (χ4v) is 3.58. The number of hydrogen-bond donors (Lipinski definition) is 0. The molecule has 120 valence electrons. The third-order valence-corrected chi connectivity index (χ3v) is 4.69. The van der Waals surface area contributed by atoms with Gasteiger partial charge in [0.25, 0.3) is 0 Å². The molecule has 3 rings (SSSR count). The Bertz CT molecular complexity index is 817. The number of rotatable bonds is 6. The van der Waals surface area contributed by atoms with Crippen molar-refractivity contribution in [2.45, 2.75) is 46.5 Å². The Morgan fingerprint density at radius 3 is 2.04 bits per heavy atom. The second-order valence-corrected chi connectivity index (χ2v) is 6.09. The maximum absolute atomic E-state index is 6.15. The van der Waals surface area contributed by atoms with Crippen molar-refractivity contribution in [1.82, 2.24) is 0 Å². The highest BCUT2D eigenvalue weighted by molar-refractivity contribution is 6.08. The average molecular weight is 306 g/mol. The van der Waals surface area contributed by atoms with Crippen molar-refractivity contribution in [1.29, 1.82) is 0 Å². The smallest absolute Gasteiger partial charge is 0.127 e. The zero-order valence-corrected chi connectivity index (χ0v) is 14.5. The first-order valence-electron chi connectivity index (χ1n) is 8.89. The van der Waals surface area contributed by atoms with Crippen molar-refractivity contribution in [2.75, 3.05) is 6.61 Å². The molecule has 1 heteroatoms. The molecule has 0 N–H and O–H groups in total. The zero-order valence-electron chi connectivity index (χ0n) is 14.5. The van der Waals surface area contributed by atoms with E-state index in [-0.39, 0.29) is 0 Å². The minimum absolute atomic E-state index is 0.799. The minimum atomic E-state index is 0.799. The predicted octanol–water partition coefficient (Wildman–Crippen LogP) is 6.30. The molecular formula is C22H26O. The summed E-state index contributed by atoms with van der Waals surface area (Å²) in [5.74, 6) is 1.05. The molecule has 0 fully saturated rings. The summed E-state index contributed by atoms with van der Waals surface area (Å²) in [5, 5.41) is 5.45. The number of unbranched alkanes of at least 4 members (excludes halogenated alkanes) is 1. The molecule has 23 heavy (non-hydrogen) atoms. The second kappa shape index (κ2) is 7.04. The van der Waals surface area contributed by atoms with Crippen LogP contribution >= 0.6 is 0 Å².